The molecule has 19 heavy (non-hydrogen) atoms. The summed E-state index contributed by atoms with van der Waals surface area (Å²) in [6, 6.07) is 0.424. The molecular formula is C13H23IN2O3. The molecule has 0 aromatic rings. The Hall–Kier alpha value is -0.0800. The van der Waals surface area contributed by atoms with Gasteiger partial charge in [0.1, 0.15) is 23.0 Å². The molecular weight excluding hydrogens is 359 g/mol. The van der Waals surface area contributed by atoms with Crippen LogP contribution in [0.4, 0.5) is 4.79 Å². The second-order valence-electron chi connectivity index (χ2n) is 5.67. The molecule has 1 amide bonds. The third-order valence-electron chi connectivity index (χ3n) is 4.18. The number of carbonyl (C=O) groups is 1. The molecule has 0 aromatic carbocycles. The normalized spacial score (nSPS) is 29.7. The second-order valence-corrected chi connectivity index (χ2v) is 6.18. The first-order valence-electron chi connectivity index (χ1n) is 7.01. The molecule has 0 bridgehead atoms. The average Bonchev–Trinajstić information content (AvgIpc) is 3.04. The molecule has 6 heteroatoms. The quantitative estimate of drug-likeness (QED) is 0.700. The number of carbonyl (C=O) groups excluding carboxylic acids is 1. The van der Waals surface area contributed by atoms with E-state index in [1.807, 2.05) is 27.9 Å². The third kappa shape index (κ3) is 3.95. The van der Waals surface area contributed by atoms with Gasteiger partial charge < -0.3 is 17.6 Å². The van der Waals surface area contributed by atoms with Gasteiger partial charge in [-0.15, -0.1) is 0 Å². The van der Waals surface area contributed by atoms with Crippen LogP contribution < -0.4 is 0 Å². The van der Waals surface area contributed by atoms with Gasteiger partial charge in [0.05, 0.1) is 12.7 Å². The summed E-state index contributed by atoms with van der Waals surface area (Å²) in [6.07, 6.45) is 3.32. The van der Waals surface area contributed by atoms with Crippen LogP contribution in [0.3, 0.4) is 0 Å². The molecule has 2 saturated heterocycles. The highest BCUT2D eigenvalue weighted by Gasteiger charge is 2.34. The molecule has 0 unspecified atom stereocenters. The van der Waals surface area contributed by atoms with Crippen LogP contribution in [0.15, 0.2) is 0 Å². The van der Waals surface area contributed by atoms with Crippen LogP contribution in [0.2, 0.25) is 0 Å². The minimum atomic E-state index is -0.137. The fourth-order valence-corrected chi connectivity index (χ4v) is 3.39. The molecule has 2 aliphatic rings. The lowest BCUT2D eigenvalue weighted by atomic mass is 10.0. The first-order valence-corrected chi connectivity index (χ1v) is 7.89. The standard InChI is InChI=1S/C13H23IN2O3/c1-10(19-14)12-7-11(8-15(12)2)9-18-13(17)16-5-3-4-6-16/h10-12H,3-9H2,1-2H3/t10-,11-,12-/m0/s1. The van der Waals surface area contributed by atoms with E-state index in [9.17, 15) is 4.79 Å². The Morgan fingerprint density at radius 2 is 2.11 bits per heavy atom. The first kappa shape index (κ1) is 15.3. The van der Waals surface area contributed by atoms with Crippen molar-refractivity contribution in [2.75, 3.05) is 33.3 Å². The van der Waals surface area contributed by atoms with Crippen LogP contribution >= 0.6 is 23.0 Å². The van der Waals surface area contributed by atoms with Crippen LogP contribution in [-0.4, -0.2) is 61.3 Å². The first-order chi connectivity index (χ1) is 9.11. The maximum atomic E-state index is 11.8. The molecule has 3 atom stereocenters. The molecule has 2 fully saturated rings. The van der Waals surface area contributed by atoms with E-state index in [1.54, 1.807) is 0 Å². The number of amides is 1. The lowest BCUT2D eigenvalue weighted by molar-refractivity contribution is 0.0957. The molecule has 110 valence electrons. The minimum absolute atomic E-state index is 0.137. The molecule has 0 N–H and O–H groups in total. The number of hydrogen-bond acceptors (Lipinski definition) is 4. The highest BCUT2D eigenvalue weighted by Crippen LogP contribution is 2.26. The van der Waals surface area contributed by atoms with Gasteiger partial charge in [-0.3, -0.25) is 0 Å². The van der Waals surface area contributed by atoms with Gasteiger partial charge in [-0.25, -0.2) is 4.79 Å². The molecule has 0 saturated carbocycles. The van der Waals surface area contributed by atoms with Gasteiger partial charge >= 0.3 is 6.09 Å². The number of rotatable bonds is 4. The summed E-state index contributed by atoms with van der Waals surface area (Å²) in [5, 5.41) is 0. The largest absolute Gasteiger partial charge is 0.449 e. The Labute approximate surface area is 129 Å². The molecule has 0 radical (unpaired) electrons. The van der Waals surface area contributed by atoms with E-state index in [0.717, 1.165) is 38.9 Å². The molecule has 2 heterocycles. The lowest BCUT2D eigenvalue weighted by Gasteiger charge is -2.23. The molecule has 0 spiro atoms. The van der Waals surface area contributed by atoms with Gasteiger partial charge in [-0.05, 0) is 33.2 Å². The van der Waals surface area contributed by atoms with Crippen molar-refractivity contribution in [3.63, 3.8) is 0 Å². The molecule has 0 aliphatic carbocycles. The fraction of sp³-hybridized carbons (Fsp3) is 0.923. The van der Waals surface area contributed by atoms with Gasteiger partial charge in [0.25, 0.3) is 0 Å². The summed E-state index contributed by atoms with van der Waals surface area (Å²) in [4.78, 5) is 15.9. The topological polar surface area (TPSA) is 42.0 Å². The smallest absolute Gasteiger partial charge is 0.409 e. The van der Waals surface area contributed by atoms with Gasteiger partial charge in [0.2, 0.25) is 0 Å². The summed E-state index contributed by atoms with van der Waals surface area (Å²) in [5.41, 5.74) is 0. The second kappa shape index (κ2) is 7.08. The van der Waals surface area contributed by atoms with Crippen molar-refractivity contribution in [3.8, 4) is 0 Å². The van der Waals surface area contributed by atoms with E-state index in [2.05, 4.69) is 18.9 Å². The number of likely N-dealkylation sites (tertiary alicyclic amines) is 2. The number of ether oxygens (including phenoxy) is 1. The maximum Gasteiger partial charge on any atom is 0.409 e. The molecule has 2 rings (SSSR count). The summed E-state index contributed by atoms with van der Waals surface area (Å²) >= 11 is 1.96. The number of hydrogen-bond donors (Lipinski definition) is 0. The zero-order valence-corrected chi connectivity index (χ0v) is 13.8. The predicted molar refractivity (Wildman–Crippen MR) is 81.2 cm³/mol. The Kier molecular flexibility index (Phi) is 5.70. The zero-order chi connectivity index (χ0) is 13.8. The molecule has 5 nitrogen and oxygen atoms in total. The van der Waals surface area contributed by atoms with Crippen molar-refractivity contribution >= 4 is 29.1 Å². The van der Waals surface area contributed by atoms with Gasteiger partial charge in [-0.2, -0.15) is 0 Å². The highest BCUT2D eigenvalue weighted by atomic mass is 127. The third-order valence-corrected chi connectivity index (χ3v) is 4.98. The number of nitrogens with zero attached hydrogens (tertiary/aromatic N) is 2. The highest BCUT2D eigenvalue weighted by molar-refractivity contribution is 14.1. The van der Waals surface area contributed by atoms with Gasteiger partial charge in [0.15, 0.2) is 0 Å². The summed E-state index contributed by atoms with van der Waals surface area (Å²) < 4.78 is 10.8. The van der Waals surface area contributed by atoms with Crippen molar-refractivity contribution in [1.82, 2.24) is 9.80 Å². The van der Waals surface area contributed by atoms with E-state index in [4.69, 9.17) is 7.80 Å². The van der Waals surface area contributed by atoms with Crippen LogP contribution in [0.25, 0.3) is 0 Å². The Bertz CT molecular complexity index is 310. The number of halogens is 1. The summed E-state index contributed by atoms with van der Waals surface area (Å²) in [5.74, 6) is 0.426. The van der Waals surface area contributed by atoms with Crippen molar-refractivity contribution < 1.29 is 12.6 Å². The molecule has 2 aliphatic heterocycles. The van der Waals surface area contributed by atoms with Gasteiger partial charge in [-0.1, -0.05) is 0 Å². The zero-order valence-electron chi connectivity index (χ0n) is 11.7. The summed E-state index contributed by atoms with van der Waals surface area (Å²) in [6.45, 7) is 5.30. The Morgan fingerprint density at radius 1 is 1.42 bits per heavy atom. The van der Waals surface area contributed by atoms with Crippen LogP contribution in [-0.2, 0) is 7.80 Å². The monoisotopic (exact) mass is 382 g/mol. The van der Waals surface area contributed by atoms with Crippen molar-refractivity contribution in [2.45, 2.75) is 38.3 Å². The summed E-state index contributed by atoms with van der Waals surface area (Å²) in [7, 11) is 2.11. The Balaban J connectivity index is 1.73. The van der Waals surface area contributed by atoms with E-state index in [0.29, 0.717) is 18.6 Å². The van der Waals surface area contributed by atoms with E-state index in [-0.39, 0.29) is 12.2 Å². The number of likely N-dealkylation sites (N-methyl/N-ethyl adjacent to an activating group) is 1. The van der Waals surface area contributed by atoms with Gasteiger partial charge in [0, 0.05) is 31.6 Å². The molecule has 0 aromatic heterocycles. The van der Waals surface area contributed by atoms with Crippen LogP contribution in [0, 0.1) is 5.92 Å². The van der Waals surface area contributed by atoms with Crippen molar-refractivity contribution in [1.29, 1.82) is 0 Å². The van der Waals surface area contributed by atoms with E-state index >= 15 is 0 Å². The fourth-order valence-electron chi connectivity index (χ4n) is 3.05. The van der Waals surface area contributed by atoms with E-state index in [1.165, 1.54) is 0 Å². The SMILES string of the molecule is C[C@H](OI)[C@@H]1C[C@H](COC(=O)N2CCCC2)CN1C. The van der Waals surface area contributed by atoms with Crippen LogP contribution in [0.1, 0.15) is 26.2 Å². The van der Waals surface area contributed by atoms with E-state index < -0.39 is 0 Å². The Morgan fingerprint density at radius 3 is 2.74 bits per heavy atom. The van der Waals surface area contributed by atoms with Crippen LogP contribution in [0.5, 0.6) is 0 Å². The maximum absolute atomic E-state index is 11.8. The average molecular weight is 382 g/mol. The minimum Gasteiger partial charge on any atom is -0.449 e. The van der Waals surface area contributed by atoms with Crippen molar-refractivity contribution in [2.24, 2.45) is 5.92 Å². The predicted octanol–water partition coefficient (Wildman–Crippen LogP) is 2.29. The lowest BCUT2D eigenvalue weighted by Crippen LogP contribution is -2.34. The van der Waals surface area contributed by atoms with Crippen molar-refractivity contribution in [3.05, 3.63) is 0 Å².